The second-order valence-electron chi connectivity index (χ2n) is 4.94. The molecule has 0 fully saturated rings. The van der Waals surface area contributed by atoms with Gasteiger partial charge in [0.05, 0.1) is 6.42 Å². The van der Waals surface area contributed by atoms with Crippen molar-refractivity contribution in [2.45, 2.75) is 6.42 Å². The molecule has 0 amide bonds. The quantitative estimate of drug-likeness (QED) is 0.460. The largest absolute Gasteiger partial charge is 0.504 e. The highest BCUT2D eigenvalue weighted by atomic mass is 16.5. The molecular formula is C16H12O7. The number of aliphatic carboxylic acids is 1. The van der Waals surface area contributed by atoms with Gasteiger partial charge < -0.3 is 30.3 Å². The van der Waals surface area contributed by atoms with Crippen LogP contribution in [0.25, 0.3) is 5.57 Å². The first-order valence-corrected chi connectivity index (χ1v) is 6.60. The maximum absolute atomic E-state index is 10.9. The summed E-state index contributed by atoms with van der Waals surface area (Å²) in [6, 6.07) is 5.42. The van der Waals surface area contributed by atoms with Crippen molar-refractivity contribution in [1.29, 1.82) is 0 Å². The van der Waals surface area contributed by atoms with E-state index in [0.29, 0.717) is 16.7 Å². The lowest BCUT2D eigenvalue weighted by Crippen LogP contribution is -2.04. The monoisotopic (exact) mass is 316 g/mol. The maximum atomic E-state index is 10.9. The van der Waals surface area contributed by atoms with Crippen molar-refractivity contribution in [3.63, 3.8) is 0 Å². The zero-order valence-electron chi connectivity index (χ0n) is 11.6. The molecular weight excluding hydrogens is 304 g/mol. The van der Waals surface area contributed by atoms with Gasteiger partial charge in [0.15, 0.2) is 23.0 Å². The molecule has 7 heteroatoms. The smallest absolute Gasteiger partial charge is 0.307 e. The Morgan fingerprint density at radius 2 is 1.39 bits per heavy atom. The standard InChI is InChI=1S/C16H12O7/c17-10-4-1-8-7(3-6-12(19)20)9-2-5-11(18)14(22)16(9)23-15(8)13(10)21/h1-5,17-18,21-22H,6H2,(H,19,20). The molecule has 0 aliphatic carbocycles. The van der Waals surface area contributed by atoms with Gasteiger partial charge in [0.1, 0.15) is 0 Å². The predicted molar refractivity (Wildman–Crippen MR) is 78.9 cm³/mol. The summed E-state index contributed by atoms with van der Waals surface area (Å²) < 4.78 is 5.43. The minimum atomic E-state index is -1.06. The fourth-order valence-corrected chi connectivity index (χ4v) is 2.41. The van der Waals surface area contributed by atoms with E-state index < -0.39 is 29.0 Å². The number of carboxylic acid groups (broad SMARTS) is 1. The van der Waals surface area contributed by atoms with Crippen LogP contribution in [0.1, 0.15) is 17.5 Å². The number of aromatic hydroxyl groups is 4. The summed E-state index contributed by atoms with van der Waals surface area (Å²) in [5.41, 5.74) is 1.12. The summed E-state index contributed by atoms with van der Waals surface area (Å²) >= 11 is 0. The predicted octanol–water partition coefficient (Wildman–Crippen LogP) is 2.52. The Labute approximate surface area is 129 Å². The normalized spacial score (nSPS) is 12.1. The van der Waals surface area contributed by atoms with Gasteiger partial charge in [0.2, 0.25) is 11.5 Å². The Hall–Kier alpha value is -3.35. The minimum absolute atomic E-state index is 0.130. The zero-order chi connectivity index (χ0) is 16.7. The number of hydrogen-bond donors (Lipinski definition) is 5. The van der Waals surface area contributed by atoms with E-state index in [9.17, 15) is 25.2 Å². The van der Waals surface area contributed by atoms with Gasteiger partial charge in [-0.2, -0.15) is 0 Å². The first kappa shape index (κ1) is 14.6. The molecule has 7 nitrogen and oxygen atoms in total. The van der Waals surface area contributed by atoms with Crippen molar-refractivity contribution in [2.75, 3.05) is 0 Å². The lowest BCUT2D eigenvalue weighted by atomic mass is 9.92. The molecule has 2 aromatic carbocycles. The summed E-state index contributed by atoms with van der Waals surface area (Å²) in [5.74, 6) is -3.26. The number of fused-ring (bicyclic) bond motifs is 2. The molecule has 0 saturated carbocycles. The van der Waals surface area contributed by atoms with Crippen molar-refractivity contribution in [3.8, 4) is 34.5 Å². The number of ether oxygens (including phenoxy) is 1. The third-order valence-electron chi connectivity index (χ3n) is 3.49. The zero-order valence-corrected chi connectivity index (χ0v) is 11.6. The van der Waals surface area contributed by atoms with Gasteiger partial charge in [-0.15, -0.1) is 0 Å². The number of hydrogen-bond acceptors (Lipinski definition) is 6. The average Bonchev–Trinajstić information content (AvgIpc) is 2.51. The molecule has 0 aromatic heterocycles. The fraction of sp³-hybridized carbons (Fsp3) is 0.0625. The van der Waals surface area contributed by atoms with E-state index >= 15 is 0 Å². The summed E-state index contributed by atoms with van der Waals surface area (Å²) in [7, 11) is 0. The van der Waals surface area contributed by atoms with Gasteiger partial charge in [0.25, 0.3) is 0 Å². The number of phenols is 4. The van der Waals surface area contributed by atoms with Crippen LogP contribution in [0.15, 0.2) is 30.3 Å². The van der Waals surface area contributed by atoms with Crippen molar-refractivity contribution >= 4 is 11.5 Å². The molecule has 0 unspecified atom stereocenters. The Balaban J connectivity index is 2.29. The van der Waals surface area contributed by atoms with Gasteiger partial charge in [-0.05, 0) is 29.8 Å². The number of carbonyl (C=O) groups is 1. The second kappa shape index (κ2) is 5.13. The molecule has 0 saturated heterocycles. The highest BCUT2D eigenvalue weighted by molar-refractivity contribution is 5.92. The van der Waals surface area contributed by atoms with E-state index in [4.69, 9.17) is 9.84 Å². The molecule has 1 aliphatic heterocycles. The van der Waals surface area contributed by atoms with Crippen molar-refractivity contribution in [3.05, 3.63) is 41.5 Å². The second-order valence-corrected chi connectivity index (χ2v) is 4.94. The number of rotatable bonds is 2. The molecule has 3 rings (SSSR count). The highest BCUT2D eigenvalue weighted by Gasteiger charge is 2.29. The third-order valence-corrected chi connectivity index (χ3v) is 3.49. The first-order chi connectivity index (χ1) is 10.9. The lowest BCUT2D eigenvalue weighted by Gasteiger charge is -2.24. The summed E-state index contributed by atoms with van der Waals surface area (Å²) in [6.45, 7) is 0. The first-order valence-electron chi connectivity index (χ1n) is 6.60. The van der Waals surface area contributed by atoms with Crippen LogP contribution in [0.4, 0.5) is 0 Å². The van der Waals surface area contributed by atoms with Gasteiger partial charge in [0, 0.05) is 11.1 Å². The third kappa shape index (κ3) is 2.28. The van der Waals surface area contributed by atoms with Crippen LogP contribution < -0.4 is 4.74 Å². The molecule has 0 atom stereocenters. The summed E-state index contributed by atoms with van der Waals surface area (Å²) in [6.07, 6.45) is 1.10. The molecule has 0 spiro atoms. The van der Waals surface area contributed by atoms with Crippen molar-refractivity contribution < 1.29 is 35.1 Å². The van der Waals surface area contributed by atoms with E-state index in [-0.39, 0.29) is 17.9 Å². The van der Waals surface area contributed by atoms with Crippen LogP contribution in [0.3, 0.4) is 0 Å². The summed E-state index contributed by atoms with van der Waals surface area (Å²) in [4.78, 5) is 10.9. The van der Waals surface area contributed by atoms with Crippen molar-refractivity contribution in [2.24, 2.45) is 0 Å². The Morgan fingerprint density at radius 1 is 0.913 bits per heavy atom. The van der Waals surface area contributed by atoms with E-state index in [1.165, 1.54) is 30.3 Å². The molecule has 0 bridgehead atoms. The van der Waals surface area contributed by atoms with E-state index in [1.807, 2.05) is 0 Å². The van der Waals surface area contributed by atoms with Crippen LogP contribution in [0.5, 0.6) is 34.5 Å². The Kier molecular flexibility index (Phi) is 3.25. The molecule has 2 aromatic rings. The highest BCUT2D eigenvalue weighted by Crippen LogP contribution is 2.54. The fourth-order valence-electron chi connectivity index (χ4n) is 2.41. The molecule has 5 N–H and O–H groups in total. The SMILES string of the molecule is O=C(O)CC=C1c2ccc(O)c(O)c2Oc2c1ccc(O)c2O. The van der Waals surface area contributed by atoms with E-state index in [0.717, 1.165) is 0 Å². The molecule has 1 aliphatic rings. The number of benzene rings is 2. The van der Waals surface area contributed by atoms with Crippen LogP contribution in [-0.4, -0.2) is 31.5 Å². The van der Waals surface area contributed by atoms with Crippen LogP contribution in [0, 0.1) is 0 Å². The van der Waals surface area contributed by atoms with Gasteiger partial charge >= 0.3 is 5.97 Å². The van der Waals surface area contributed by atoms with Gasteiger partial charge in [-0.3, -0.25) is 4.79 Å². The van der Waals surface area contributed by atoms with Gasteiger partial charge in [-0.25, -0.2) is 0 Å². The van der Waals surface area contributed by atoms with Crippen LogP contribution in [0.2, 0.25) is 0 Å². The van der Waals surface area contributed by atoms with Crippen molar-refractivity contribution in [1.82, 2.24) is 0 Å². The van der Waals surface area contributed by atoms with Gasteiger partial charge in [-0.1, -0.05) is 6.08 Å². The van der Waals surface area contributed by atoms with Crippen LogP contribution in [-0.2, 0) is 4.79 Å². The minimum Gasteiger partial charge on any atom is -0.504 e. The molecule has 23 heavy (non-hydrogen) atoms. The maximum Gasteiger partial charge on any atom is 0.307 e. The number of phenolic OH excluding ortho intramolecular Hbond substituents is 4. The molecule has 0 radical (unpaired) electrons. The Bertz CT molecular complexity index is 792. The lowest BCUT2D eigenvalue weighted by molar-refractivity contribution is -0.135. The van der Waals surface area contributed by atoms with E-state index in [2.05, 4.69) is 0 Å². The number of carboxylic acids is 1. The molecule has 118 valence electrons. The Morgan fingerprint density at radius 3 is 1.83 bits per heavy atom. The topological polar surface area (TPSA) is 127 Å². The van der Waals surface area contributed by atoms with E-state index in [1.54, 1.807) is 0 Å². The molecule has 1 heterocycles. The average molecular weight is 316 g/mol. The summed E-state index contributed by atoms with van der Waals surface area (Å²) in [5, 5.41) is 48.0. The van der Waals surface area contributed by atoms with Crippen LogP contribution >= 0.6 is 0 Å².